The molecule has 0 bridgehead atoms. The van der Waals surface area contributed by atoms with Crippen LogP contribution in [-0.2, 0) is 6.42 Å². The van der Waals surface area contributed by atoms with Gasteiger partial charge in [-0.2, -0.15) is 0 Å². The zero-order chi connectivity index (χ0) is 16.7. The summed E-state index contributed by atoms with van der Waals surface area (Å²) < 4.78 is 5.06. The zero-order valence-corrected chi connectivity index (χ0v) is 12.4. The zero-order valence-electron chi connectivity index (χ0n) is 12.4. The fourth-order valence-electron chi connectivity index (χ4n) is 2.79. The number of H-pyrrole nitrogens is 1. The largest absolute Gasteiger partial charge is 0.415 e. The highest BCUT2D eigenvalue weighted by molar-refractivity contribution is 5.88. The van der Waals surface area contributed by atoms with Crippen LogP contribution in [0.4, 0.5) is 5.69 Å². The summed E-state index contributed by atoms with van der Waals surface area (Å²) in [6.45, 7) is 0. The molecule has 118 valence electrons. The Morgan fingerprint density at radius 1 is 1.17 bits per heavy atom. The Bertz CT molecular complexity index is 1110. The first-order chi connectivity index (χ1) is 11.6. The third-order valence-electron chi connectivity index (χ3n) is 3.83. The van der Waals surface area contributed by atoms with E-state index < -0.39 is 10.5 Å². The third-order valence-corrected chi connectivity index (χ3v) is 3.83. The van der Waals surface area contributed by atoms with Crippen LogP contribution in [0.3, 0.4) is 0 Å². The average Bonchev–Trinajstić information content (AvgIpc) is 2.96. The van der Waals surface area contributed by atoms with Crippen molar-refractivity contribution in [1.29, 1.82) is 0 Å². The number of nitro benzene ring substituents is 1. The molecule has 0 aliphatic heterocycles. The minimum Gasteiger partial charge on any atom is -0.415 e. The molecular weight excluding hydrogens is 310 g/mol. The second-order valence-corrected chi connectivity index (χ2v) is 5.38. The highest BCUT2D eigenvalue weighted by atomic mass is 16.6. The Labute approximate surface area is 134 Å². The first kappa shape index (κ1) is 14.1. The number of aromatic nitrogens is 2. The summed E-state index contributed by atoms with van der Waals surface area (Å²) in [4.78, 5) is 30.1. The summed E-state index contributed by atoms with van der Waals surface area (Å²) in [7, 11) is 0. The van der Waals surface area contributed by atoms with E-state index >= 15 is 0 Å². The van der Waals surface area contributed by atoms with Crippen LogP contribution in [0.5, 0.6) is 0 Å². The molecule has 2 aromatic carbocycles. The molecule has 0 spiro atoms. The van der Waals surface area contributed by atoms with Crippen LogP contribution in [-0.4, -0.2) is 14.9 Å². The number of nitrogens with zero attached hydrogens (tertiary/aromatic N) is 2. The van der Waals surface area contributed by atoms with Gasteiger partial charge in [-0.15, -0.1) is 0 Å². The number of imidazole rings is 1. The van der Waals surface area contributed by atoms with Gasteiger partial charge in [-0.25, -0.2) is 9.78 Å². The molecule has 0 saturated heterocycles. The molecule has 4 aromatic rings. The van der Waals surface area contributed by atoms with Gasteiger partial charge in [-0.05, 0) is 17.7 Å². The van der Waals surface area contributed by atoms with Crippen LogP contribution < -0.4 is 5.63 Å². The van der Waals surface area contributed by atoms with Crippen LogP contribution in [0.25, 0.3) is 22.0 Å². The van der Waals surface area contributed by atoms with Crippen LogP contribution in [0.15, 0.2) is 57.7 Å². The first-order valence-electron chi connectivity index (χ1n) is 7.25. The quantitative estimate of drug-likeness (QED) is 0.355. The molecule has 2 heterocycles. The fraction of sp³-hybridized carbons (Fsp3) is 0.0588. The van der Waals surface area contributed by atoms with E-state index in [0.717, 1.165) is 11.0 Å². The second kappa shape index (κ2) is 5.31. The highest BCUT2D eigenvalue weighted by Gasteiger charge is 2.17. The van der Waals surface area contributed by atoms with E-state index in [1.165, 1.54) is 12.1 Å². The van der Waals surface area contributed by atoms with Crippen LogP contribution in [0.2, 0.25) is 0 Å². The molecular formula is C17H11N3O4. The molecule has 2 aromatic heterocycles. The van der Waals surface area contributed by atoms with Crippen molar-refractivity contribution in [2.24, 2.45) is 0 Å². The Kier molecular flexibility index (Phi) is 3.13. The number of nitrogens with one attached hydrogen (secondary N) is 1. The molecule has 7 heteroatoms. The normalized spacial score (nSPS) is 11.2. The predicted octanol–water partition coefficient (Wildman–Crippen LogP) is 3.17. The van der Waals surface area contributed by atoms with Crippen molar-refractivity contribution >= 4 is 27.7 Å². The number of benzene rings is 2. The number of aromatic amines is 1. The van der Waals surface area contributed by atoms with Crippen molar-refractivity contribution in [2.75, 3.05) is 0 Å². The van der Waals surface area contributed by atoms with E-state index in [1.807, 2.05) is 24.3 Å². The highest BCUT2D eigenvalue weighted by Crippen LogP contribution is 2.27. The van der Waals surface area contributed by atoms with Gasteiger partial charge in [-0.3, -0.25) is 10.1 Å². The lowest BCUT2D eigenvalue weighted by Crippen LogP contribution is -2.03. The standard InChI is InChI=1S/C17H11N3O4/c21-16-9-10(8-15-18-12-5-1-2-6-13(12)19-15)11-4-3-7-14(20(22)23)17(11)24-16/h1-7,9H,8H2,(H,18,19). The van der Waals surface area contributed by atoms with Gasteiger partial charge in [0.2, 0.25) is 5.58 Å². The molecule has 0 atom stereocenters. The first-order valence-corrected chi connectivity index (χ1v) is 7.25. The van der Waals surface area contributed by atoms with Crippen LogP contribution >= 0.6 is 0 Å². The third kappa shape index (κ3) is 2.32. The molecule has 0 amide bonds. The van der Waals surface area contributed by atoms with Gasteiger partial charge >= 0.3 is 11.3 Å². The second-order valence-electron chi connectivity index (χ2n) is 5.38. The molecule has 24 heavy (non-hydrogen) atoms. The number of nitro groups is 1. The number of hydrogen-bond acceptors (Lipinski definition) is 5. The smallest absolute Gasteiger partial charge is 0.336 e. The maximum Gasteiger partial charge on any atom is 0.336 e. The minimum absolute atomic E-state index is 0.0129. The lowest BCUT2D eigenvalue weighted by Gasteiger charge is -2.04. The number of rotatable bonds is 3. The monoisotopic (exact) mass is 321 g/mol. The van der Waals surface area contributed by atoms with Gasteiger partial charge < -0.3 is 9.40 Å². The Hall–Kier alpha value is -3.48. The molecule has 0 unspecified atom stereocenters. The van der Waals surface area contributed by atoms with Gasteiger partial charge in [0.15, 0.2) is 0 Å². The van der Waals surface area contributed by atoms with Crippen LogP contribution in [0, 0.1) is 10.1 Å². The van der Waals surface area contributed by atoms with Crippen molar-refractivity contribution in [3.63, 3.8) is 0 Å². The number of hydrogen-bond donors (Lipinski definition) is 1. The molecule has 0 saturated carbocycles. The summed E-state index contributed by atoms with van der Waals surface area (Å²) in [5.74, 6) is 0.676. The number of fused-ring (bicyclic) bond motifs is 2. The van der Waals surface area contributed by atoms with Gasteiger partial charge in [0.25, 0.3) is 0 Å². The molecule has 1 N–H and O–H groups in total. The van der Waals surface area contributed by atoms with E-state index in [1.54, 1.807) is 12.1 Å². The molecule has 4 rings (SSSR count). The van der Waals surface area contributed by atoms with E-state index in [2.05, 4.69) is 9.97 Å². The molecule has 0 radical (unpaired) electrons. The van der Waals surface area contributed by atoms with Gasteiger partial charge in [-0.1, -0.05) is 24.3 Å². The lowest BCUT2D eigenvalue weighted by atomic mass is 10.1. The Morgan fingerprint density at radius 3 is 2.79 bits per heavy atom. The minimum atomic E-state index is -0.622. The van der Waals surface area contributed by atoms with Gasteiger partial charge in [0.1, 0.15) is 5.82 Å². The van der Waals surface area contributed by atoms with Crippen LogP contribution in [0.1, 0.15) is 11.4 Å². The van der Waals surface area contributed by atoms with Crippen molar-refractivity contribution in [1.82, 2.24) is 9.97 Å². The van der Waals surface area contributed by atoms with E-state index in [4.69, 9.17) is 4.42 Å². The molecule has 0 fully saturated rings. The molecule has 0 aliphatic carbocycles. The topological polar surface area (TPSA) is 102 Å². The predicted molar refractivity (Wildman–Crippen MR) is 88.0 cm³/mol. The van der Waals surface area contributed by atoms with E-state index in [9.17, 15) is 14.9 Å². The van der Waals surface area contributed by atoms with Crippen molar-refractivity contribution < 1.29 is 9.34 Å². The molecule has 0 aliphatic rings. The SMILES string of the molecule is O=c1cc(Cc2nc3ccccc3[nH]2)c2cccc([N+](=O)[O-])c2o1. The Balaban J connectivity index is 1.88. The van der Waals surface area contributed by atoms with Crippen molar-refractivity contribution in [3.05, 3.63) is 80.5 Å². The lowest BCUT2D eigenvalue weighted by molar-refractivity contribution is -0.383. The maximum atomic E-state index is 11.8. The summed E-state index contributed by atoms with van der Waals surface area (Å²) >= 11 is 0. The summed E-state index contributed by atoms with van der Waals surface area (Å²) in [5, 5.41) is 11.7. The van der Waals surface area contributed by atoms with Gasteiger partial charge in [0, 0.05) is 23.9 Å². The van der Waals surface area contributed by atoms with E-state index in [-0.39, 0.29) is 11.3 Å². The number of non-ortho nitro benzene ring substituents is 1. The van der Waals surface area contributed by atoms with Crippen molar-refractivity contribution in [2.45, 2.75) is 6.42 Å². The summed E-state index contributed by atoms with van der Waals surface area (Å²) in [6, 6.07) is 13.5. The average molecular weight is 321 g/mol. The summed E-state index contributed by atoms with van der Waals surface area (Å²) in [5.41, 5.74) is 1.49. The number of para-hydroxylation sites is 3. The fourth-order valence-corrected chi connectivity index (χ4v) is 2.79. The molecule has 7 nitrogen and oxygen atoms in total. The van der Waals surface area contributed by atoms with E-state index in [0.29, 0.717) is 23.2 Å². The Morgan fingerprint density at radius 2 is 2.00 bits per heavy atom. The summed E-state index contributed by atoms with van der Waals surface area (Å²) in [6.07, 6.45) is 0.345. The van der Waals surface area contributed by atoms with Gasteiger partial charge in [0.05, 0.1) is 16.0 Å². The van der Waals surface area contributed by atoms with Crippen molar-refractivity contribution in [3.8, 4) is 0 Å². The maximum absolute atomic E-state index is 11.8.